The van der Waals surface area contributed by atoms with Gasteiger partial charge in [-0.25, -0.2) is 4.98 Å². The molecule has 4 heteroatoms. The maximum atomic E-state index is 10.7. The fourth-order valence-corrected chi connectivity index (χ4v) is 1.79. The minimum atomic E-state index is 0.0344. The van der Waals surface area contributed by atoms with E-state index in [1.165, 1.54) is 12.1 Å². The molecule has 2 aromatic carbocycles. The Kier molecular flexibility index (Phi) is 2.34. The molecule has 1 N–H and O–H groups in total. The lowest BCUT2D eigenvalue weighted by molar-refractivity contribution is 0.112. The number of aldehydes is 1. The second kappa shape index (κ2) is 4.00. The van der Waals surface area contributed by atoms with Gasteiger partial charge in [-0.1, -0.05) is 12.1 Å². The highest BCUT2D eigenvalue weighted by molar-refractivity contribution is 5.82. The molecule has 0 aliphatic heterocycles. The van der Waals surface area contributed by atoms with Crippen molar-refractivity contribution in [2.45, 2.75) is 0 Å². The molecule has 3 rings (SSSR count). The first-order chi connectivity index (χ1) is 8.78. The van der Waals surface area contributed by atoms with E-state index >= 15 is 0 Å². The highest BCUT2D eigenvalue weighted by Gasteiger charge is 2.12. The molecule has 0 spiro atoms. The molecule has 88 valence electrons. The third-order valence-electron chi connectivity index (χ3n) is 2.68. The van der Waals surface area contributed by atoms with Gasteiger partial charge >= 0.3 is 0 Å². The lowest BCUT2D eigenvalue weighted by Gasteiger charge is -2.00. The summed E-state index contributed by atoms with van der Waals surface area (Å²) in [5.41, 5.74) is 2.23. The average molecular weight is 239 g/mol. The minimum Gasteiger partial charge on any atom is -0.507 e. The summed E-state index contributed by atoms with van der Waals surface area (Å²) < 4.78 is 5.55. The van der Waals surface area contributed by atoms with Crippen molar-refractivity contribution in [3.63, 3.8) is 0 Å². The second-order valence-corrected chi connectivity index (χ2v) is 3.88. The van der Waals surface area contributed by atoms with E-state index in [-0.39, 0.29) is 5.75 Å². The molecule has 0 fully saturated rings. The van der Waals surface area contributed by atoms with E-state index in [4.69, 9.17) is 4.42 Å². The van der Waals surface area contributed by atoms with Crippen LogP contribution in [0.2, 0.25) is 0 Å². The van der Waals surface area contributed by atoms with Crippen molar-refractivity contribution in [1.82, 2.24) is 4.98 Å². The molecule has 0 saturated carbocycles. The van der Waals surface area contributed by atoms with Gasteiger partial charge in [-0.15, -0.1) is 0 Å². The summed E-state index contributed by atoms with van der Waals surface area (Å²) in [6, 6.07) is 11.9. The Morgan fingerprint density at radius 1 is 1.17 bits per heavy atom. The maximum absolute atomic E-state index is 10.7. The number of nitrogens with zero attached hydrogens (tertiary/aromatic N) is 1. The molecule has 0 aliphatic rings. The van der Waals surface area contributed by atoms with E-state index in [2.05, 4.69) is 4.98 Å². The number of benzene rings is 2. The molecule has 0 unspecified atom stereocenters. The van der Waals surface area contributed by atoms with Gasteiger partial charge < -0.3 is 9.52 Å². The minimum absolute atomic E-state index is 0.0344. The van der Waals surface area contributed by atoms with Gasteiger partial charge in [0.25, 0.3) is 0 Å². The summed E-state index contributed by atoms with van der Waals surface area (Å²) in [6.45, 7) is 0. The molecule has 0 atom stereocenters. The van der Waals surface area contributed by atoms with Crippen LogP contribution in [-0.2, 0) is 0 Å². The number of phenolic OH excluding ortho intramolecular Hbond substituents is 1. The zero-order chi connectivity index (χ0) is 12.5. The number of phenols is 1. The monoisotopic (exact) mass is 239 g/mol. The van der Waals surface area contributed by atoms with E-state index in [0.717, 1.165) is 0 Å². The van der Waals surface area contributed by atoms with Gasteiger partial charge in [0.2, 0.25) is 5.89 Å². The molecule has 0 bridgehead atoms. The first kappa shape index (κ1) is 10.5. The Morgan fingerprint density at radius 2 is 2.00 bits per heavy atom. The van der Waals surface area contributed by atoms with Crippen molar-refractivity contribution in [1.29, 1.82) is 0 Å². The average Bonchev–Trinajstić information content (AvgIpc) is 2.82. The Morgan fingerprint density at radius 3 is 2.78 bits per heavy atom. The van der Waals surface area contributed by atoms with Crippen LogP contribution in [0.5, 0.6) is 5.75 Å². The number of fused-ring (bicyclic) bond motifs is 1. The van der Waals surface area contributed by atoms with Gasteiger partial charge in [-0.3, -0.25) is 4.79 Å². The van der Waals surface area contributed by atoms with E-state index in [0.29, 0.717) is 34.4 Å². The standard InChI is InChI=1S/C14H9NO3/c16-8-9-5-6-12(17)10(7-9)14-15-11-3-1-2-4-13(11)18-14/h1-8,17H. The van der Waals surface area contributed by atoms with Crippen molar-refractivity contribution >= 4 is 17.4 Å². The number of aromatic nitrogens is 1. The second-order valence-electron chi connectivity index (χ2n) is 3.88. The van der Waals surface area contributed by atoms with E-state index < -0.39 is 0 Å². The van der Waals surface area contributed by atoms with Crippen molar-refractivity contribution in [2.75, 3.05) is 0 Å². The van der Waals surface area contributed by atoms with Gasteiger partial charge in [0, 0.05) is 5.56 Å². The number of hydrogen-bond donors (Lipinski definition) is 1. The highest BCUT2D eigenvalue weighted by atomic mass is 16.3. The van der Waals surface area contributed by atoms with Gasteiger partial charge in [0.05, 0.1) is 5.56 Å². The van der Waals surface area contributed by atoms with Crippen LogP contribution in [0.4, 0.5) is 0 Å². The molecular weight excluding hydrogens is 230 g/mol. The highest BCUT2D eigenvalue weighted by Crippen LogP contribution is 2.31. The summed E-state index contributed by atoms with van der Waals surface area (Å²) >= 11 is 0. The lowest BCUT2D eigenvalue weighted by Crippen LogP contribution is -1.83. The fraction of sp³-hybridized carbons (Fsp3) is 0. The molecule has 4 nitrogen and oxygen atoms in total. The van der Waals surface area contributed by atoms with E-state index in [9.17, 15) is 9.90 Å². The van der Waals surface area contributed by atoms with Crippen LogP contribution in [0.25, 0.3) is 22.6 Å². The third-order valence-corrected chi connectivity index (χ3v) is 2.68. The number of hydrogen-bond acceptors (Lipinski definition) is 4. The molecular formula is C14H9NO3. The molecule has 0 radical (unpaired) electrons. The summed E-state index contributed by atoms with van der Waals surface area (Å²) in [4.78, 5) is 15.0. The van der Waals surface area contributed by atoms with Crippen LogP contribution in [0.1, 0.15) is 10.4 Å². The Labute approximate surface area is 103 Å². The summed E-state index contributed by atoms with van der Waals surface area (Å²) in [5.74, 6) is 0.338. The van der Waals surface area contributed by atoms with Gasteiger partial charge in [0.15, 0.2) is 5.58 Å². The van der Waals surface area contributed by atoms with Crippen LogP contribution < -0.4 is 0 Å². The molecule has 0 saturated heterocycles. The summed E-state index contributed by atoms with van der Waals surface area (Å²) in [6.07, 6.45) is 0.714. The predicted octanol–water partition coefficient (Wildman–Crippen LogP) is 3.01. The molecule has 3 aromatic rings. The summed E-state index contributed by atoms with van der Waals surface area (Å²) in [5, 5.41) is 9.79. The SMILES string of the molecule is O=Cc1ccc(O)c(-c2nc3ccccc3o2)c1. The van der Waals surface area contributed by atoms with Gasteiger partial charge in [-0.2, -0.15) is 0 Å². The van der Waals surface area contributed by atoms with Gasteiger partial charge in [0.1, 0.15) is 17.6 Å². The molecule has 0 aliphatic carbocycles. The van der Waals surface area contributed by atoms with Crippen molar-refractivity contribution in [3.05, 3.63) is 48.0 Å². The number of carbonyl (C=O) groups excluding carboxylic acids is 1. The number of carbonyl (C=O) groups is 1. The number of oxazole rings is 1. The van der Waals surface area contributed by atoms with Gasteiger partial charge in [-0.05, 0) is 30.3 Å². The largest absolute Gasteiger partial charge is 0.507 e. The summed E-state index contributed by atoms with van der Waals surface area (Å²) in [7, 11) is 0. The Bertz CT molecular complexity index is 698. The van der Waals surface area contributed by atoms with Crippen LogP contribution in [-0.4, -0.2) is 16.4 Å². The quantitative estimate of drug-likeness (QED) is 0.698. The first-order valence-electron chi connectivity index (χ1n) is 5.42. The number of rotatable bonds is 2. The Hall–Kier alpha value is -2.62. The van der Waals surface area contributed by atoms with Crippen molar-refractivity contribution < 1.29 is 14.3 Å². The lowest BCUT2D eigenvalue weighted by atomic mass is 10.1. The van der Waals surface area contributed by atoms with Crippen LogP contribution in [0.15, 0.2) is 46.9 Å². The zero-order valence-corrected chi connectivity index (χ0v) is 9.33. The van der Waals surface area contributed by atoms with Crippen LogP contribution in [0.3, 0.4) is 0 Å². The number of para-hydroxylation sites is 2. The first-order valence-corrected chi connectivity index (χ1v) is 5.42. The fourth-order valence-electron chi connectivity index (χ4n) is 1.79. The van der Waals surface area contributed by atoms with Crippen molar-refractivity contribution in [2.24, 2.45) is 0 Å². The third kappa shape index (κ3) is 1.64. The molecule has 0 amide bonds. The van der Waals surface area contributed by atoms with Crippen LogP contribution in [0, 0.1) is 0 Å². The molecule has 1 aromatic heterocycles. The molecule has 18 heavy (non-hydrogen) atoms. The zero-order valence-electron chi connectivity index (χ0n) is 9.33. The van der Waals surface area contributed by atoms with Crippen molar-refractivity contribution in [3.8, 4) is 17.2 Å². The predicted molar refractivity (Wildman–Crippen MR) is 66.5 cm³/mol. The molecule has 1 heterocycles. The van der Waals surface area contributed by atoms with E-state index in [1.807, 2.05) is 18.2 Å². The normalized spacial score (nSPS) is 10.7. The van der Waals surface area contributed by atoms with Crippen LogP contribution >= 0.6 is 0 Å². The smallest absolute Gasteiger partial charge is 0.231 e. The maximum Gasteiger partial charge on any atom is 0.231 e. The topological polar surface area (TPSA) is 63.3 Å². The number of aromatic hydroxyl groups is 1. The Balaban J connectivity index is 2.21. The van der Waals surface area contributed by atoms with E-state index in [1.54, 1.807) is 12.1 Å².